The number of aromatic nitrogens is 1. The Morgan fingerprint density at radius 3 is 2.33 bits per heavy atom. The van der Waals surface area contributed by atoms with E-state index in [2.05, 4.69) is 5.32 Å². The molecular weight excluding hydrogens is 264 g/mol. The van der Waals surface area contributed by atoms with Gasteiger partial charge >= 0.3 is 0 Å². The molecule has 0 aliphatic heterocycles. The summed E-state index contributed by atoms with van der Waals surface area (Å²) in [5.74, 6) is 2.18. The molecule has 4 aliphatic rings. The third kappa shape index (κ3) is 2.12. The summed E-state index contributed by atoms with van der Waals surface area (Å²) in [7, 11) is 1.68. The third-order valence-corrected chi connectivity index (χ3v) is 5.78. The zero-order valence-electron chi connectivity index (χ0n) is 12.5. The van der Waals surface area contributed by atoms with Crippen LogP contribution in [-0.4, -0.2) is 16.0 Å². The van der Waals surface area contributed by atoms with Crippen molar-refractivity contribution in [3.63, 3.8) is 0 Å². The Kier molecular flexibility index (Phi) is 2.78. The van der Waals surface area contributed by atoms with Crippen LogP contribution in [0.15, 0.2) is 23.1 Å². The van der Waals surface area contributed by atoms with E-state index in [0.29, 0.717) is 0 Å². The van der Waals surface area contributed by atoms with Gasteiger partial charge < -0.3 is 9.88 Å². The summed E-state index contributed by atoms with van der Waals surface area (Å²) in [5, 5.41) is 3.26. The first-order chi connectivity index (χ1) is 10.0. The molecule has 0 unspecified atom stereocenters. The van der Waals surface area contributed by atoms with E-state index in [-0.39, 0.29) is 22.6 Å². The maximum Gasteiger partial charge on any atom is 0.263 e. The molecule has 1 heterocycles. The predicted molar refractivity (Wildman–Crippen MR) is 80.1 cm³/mol. The minimum Gasteiger partial charge on any atom is -0.346 e. The van der Waals surface area contributed by atoms with E-state index in [9.17, 15) is 9.59 Å². The van der Waals surface area contributed by atoms with E-state index in [1.165, 1.54) is 23.8 Å². The number of hydrogen-bond donors (Lipinski definition) is 1. The SMILES string of the molecule is Cn1cccc(C(=O)NC23CC4CC(CC(C4)C2)C3)c1=O. The molecule has 21 heavy (non-hydrogen) atoms. The van der Waals surface area contributed by atoms with Gasteiger partial charge in [0.05, 0.1) is 0 Å². The Hall–Kier alpha value is -1.58. The number of carbonyl (C=O) groups excluding carboxylic acids is 1. The molecule has 112 valence electrons. The van der Waals surface area contributed by atoms with Crippen molar-refractivity contribution >= 4 is 5.91 Å². The Morgan fingerprint density at radius 2 is 1.76 bits per heavy atom. The second-order valence-corrected chi connectivity index (χ2v) is 7.49. The third-order valence-electron chi connectivity index (χ3n) is 5.78. The number of nitrogens with zero attached hydrogens (tertiary/aromatic N) is 1. The van der Waals surface area contributed by atoms with Gasteiger partial charge in [-0.25, -0.2) is 0 Å². The second-order valence-electron chi connectivity index (χ2n) is 7.49. The van der Waals surface area contributed by atoms with Crippen LogP contribution in [0.1, 0.15) is 48.9 Å². The van der Waals surface area contributed by atoms with E-state index in [1.807, 2.05) is 0 Å². The molecule has 1 aromatic rings. The maximum absolute atomic E-state index is 12.6. The number of hydrogen-bond acceptors (Lipinski definition) is 2. The minimum atomic E-state index is -0.209. The topological polar surface area (TPSA) is 51.1 Å². The van der Waals surface area contributed by atoms with Crippen molar-refractivity contribution in [2.75, 3.05) is 0 Å². The standard InChI is InChI=1S/C17H22N2O2/c1-19-4-2-3-14(16(19)21)15(20)18-17-8-11-5-12(9-17)7-13(6-11)10-17/h2-4,11-13H,5-10H2,1H3,(H,18,20). The number of aryl methyl sites for hydroxylation is 1. The first-order valence-corrected chi connectivity index (χ1v) is 8.03. The van der Waals surface area contributed by atoms with Crippen LogP contribution >= 0.6 is 0 Å². The average molecular weight is 286 g/mol. The van der Waals surface area contributed by atoms with E-state index in [0.717, 1.165) is 37.0 Å². The van der Waals surface area contributed by atoms with Crippen LogP contribution in [0.2, 0.25) is 0 Å². The first-order valence-electron chi connectivity index (χ1n) is 8.03. The van der Waals surface area contributed by atoms with Crippen molar-refractivity contribution in [2.45, 2.75) is 44.1 Å². The van der Waals surface area contributed by atoms with Crippen LogP contribution in [0.3, 0.4) is 0 Å². The van der Waals surface area contributed by atoms with Gasteiger partial charge in [0.15, 0.2) is 0 Å². The quantitative estimate of drug-likeness (QED) is 0.905. The van der Waals surface area contributed by atoms with Crippen LogP contribution in [0.4, 0.5) is 0 Å². The number of carbonyl (C=O) groups is 1. The Labute approximate surface area is 124 Å². The largest absolute Gasteiger partial charge is 0.346 e. The average Bonchev–Trinajstić information content (AvgIpc) is 2.39. The fourth-order valence-corrected chi connectivity index (χ4v) is 5.34. The van der Waals surface area contributed by atoms with Crippen molar-refractivity contribution in [1.29, 1.82) is 0 Å². The summed E-state index contributed by atoms with van der Waals surface area (Å²) in [6.07, 6.45) is 9.06. The van der Waals surface area contributed by atoms with Crippen molar-refractivity contribution in [3.05, 3.63) is 34.2 Å². The maximum atomic E-state index is 12.6. The highest BCUT2D eigenvalue weighted by atomic mass is 16.2. The molecule has 0 atom stereocenters. The Balaban J connectivity index is 1.60. The number of amides is 1. The lowest BCUT2D eigenvalue weighted by Gasteiger charge is -2.56. The van der Waals surface area contributed by atoms with Crippen LogP contribution in [0.25, 0.3) is 0 Å². The summed E-state index contributed by atoms with van der Waals surface area (Å²) in [5.41, 5.74) is 0.0302. The van der Waals surface area contributed by atoms with Crippen molar-refractivity contribution in [1.82, 2.24) is 9.88 Å². The van der Waals surface area contributed by atoms with Crippen LogP contribution in [-0.2, 0) is 7.05 Å². The van der Waals surface area contributed by atoms with Gasteiger partial charge in [-0.3, -0.25) is 9.59 Å². The number of rotatable bonds is 2. The lowest BCUT2D eigenvalue weighted by molar-refractivity contribution is -0.0167. The van der Waals surface area contributed by atoms with E-state index < -0.39 is 0 Å². The van der Waals surface area contributed by atoms with Gasteiger partial charge in [0.1, 0.15) is 5.56 Å². The van der Waals surface area contributed by atoms with Gasteiger partial charge in [-0.2, -0.15) is 0 Å². The smallest absolute Gasteiger partial charge is 0.263 e. The minimum absolute atomic E-state index is 0.0350. The molecule has 1 aromatic heterocycles. The van der Waals surface area contributed by atoms with Gasteiger partial charge in [-0.05, 0) is 68.4 Å². The summed E-state index contributed by atoms with van der Waals surface area (Å²) >= 11 is 0. The van der Waals surface area contributed by atoms with Crippen molar-refractivity contribution in [2.24, 2.45) is 24.8 Å². The zero-order chi connectivity index (χ0) is 14.6. The van der Waals surface area contributed by atoms with E-state index in [4.69, 9.17) is 0 Å². The van der Waals surface area contributed by atoms with Gasteiger partial charge in [-0.15, -0.1) is 0 Å². The van der Waals surface area contributed by atoms with Crippen molar-refractivity contribution in [3.8, 4) is 0 Å². The molecule has 4 saturated carbocycles. The lowest BCUT2D eigenvalue weighted by Crippen LogP contribution is -2.60. The summed E-state index contributed by atoms with van der Waals surface area (Å²) < 4.78 is 1.47. The number of nitrogens with one attached hydrogen (secondary N) is 1. The highest BCUT2D eigenvalue weighted by molar-refractivity contribution is 5.94. The van der Waals surface area contributed by atoms with E-state index >= 15 is 0 Å². The molecule has 4 aliphatic carbocycles. The molecule has 4 bridgehead atoms. The molecule has 0 radical (unpaired) electrons. The second kappa shape index (κ2) is 4.46. The molecular formula is C17H22N2O2. The normalized spacial score (nSPS) is 36.7. The molecule has 4 heteroatoms. The molecule has 1 amide bonds. The lowest BCUT2D eigenvalue weighted by atomic mass is 9.53. The highest BCUT2D eigenvalue weighted by Crippen LogP contribution is 2.55. The van der Waals surface area contributed by atoms with Gasteiger partial charge in [0.25, 0.3) is 11.5 Å². The zero-order valence-corrected chi connectivity index (χ0v) is 12.5. The molecule has 5 rings (SSSR count). The molecule has 0 aromatic carbocycles. The summed E-state index contributed by atoms with van der Waals surface area (Å²) in [6.45, 7) is 0. The van der Waals surface area contributed by atoms with Gasteiger partial charge in [0, 0.05) is 18.8 Å². The summed E-state index contributed by atoms with van der Waals surface area (Å²) in [6, 6.07) is 3.40. The molecule has 4 nitrogen and oxygen atoms in total. The highest BCUT2D eigenvalue weighted by Gasteiger charge is 2.51. The van der Waals surface area contributed by atoms with Crippen LogP contribution < -0.4 is 10.9 Å². The number of pyridine rings is 1. The van der Waals surface area contributed by atoms with Gasteiger partial charge in [0.2, 0.25) is 0 Å². The van der Waals surface area contributed by atoms with Gasteiger partial charge in [-0.1, -0.05) is 0 Å². The molecule has 0 spiro atoms. The first kappa shape index (κ1) is 13.1. The van der Waals surface area contributed by atoms with E-state index in [1.54, 1.807) is 25.4 Å². The van der Waals surface area contributed by atoms with Crippen molar-refractivity contribution < 1.29 is 4.79 Å². The summed E-state index contributed by atoms with van der Waals surface area (Å²) in [4.78, 5) is 24.7. The molecule has 1 N–H and O–H groups in total. The Morgan fingerprint density at radius 1 is 1.19 bits per heavy atom. The monoisotopic (exact) mass is 286 g/mol. The fraction of sp³-hybridized carbons (Fsp3) is 0.647. The van der Waals surface area contributed by atoms with Crippen LogP contribution in [0, 0.1) is 17.8 Å². The predicted octanol–water partition coefficient (Wildman–Crippen LogP) is 2.08. The Bertz CT molecular complexity index is 611. The molecule has 0 saturated heterocycles. The van der Waals surface area contributed by atoms with Crippen LogP contribution in [0.5, 0.6) is 0 Å². The molecule has 4 fully saturated rings. The fourth-order valence-electron chi connectivity index (χ4n) is 5.34.